The fraction of sp³-hybridized carbons (Fsp3) is 0.529. The molecule has 0 saturated carbocycles. The number of nitrogens with zero attached hydrogens (tertiary/aromatic N) is 1. The van der Waals surface area contributed by atoms with Crippen LogP contribution in [0.5, 0.6) is 5.75 Å². The first-order valence-corrected chi connectivity index (χ1v) is 7.61. The molecule has 1 fully saturated rings. The summed E-state index contributed by atoms with van der Waals surface area (Å²) in [7, 11) is 0. The highest BCUT2D eigenvalue weighted by molar-refractivity contribution is 6.01. The van der Waals surface area contributed by atoms with E-state index in [1.54, 1.807) is 0 Å². The summed E-state index contributed by atoms with van der Waals surface area (Å²) in [6.07, 6.45) is 1.36. The summed E-state index contributed by atoms with van der Waals surface area (Å²) in [6.45, 7) is 5.65. The molecule has 1 unspecified atom stereocenters. The first-order chi connectivity index (χ1) is 10.0. The predicted molar refractivity (Wildman–Crippen MR) is 79.2 cm³/mol. The van der Waals surface area contributed by atoms with E-state index in [0.29, 0.717) is 25.5 Å². The van der Waals surface area contributed by atoms with Crippen molar-refractivity contribution in [3.63, 3.8) is 0 Å². The minimum absolute atomic E-state index is 0.0259. The van der Waals surface area contributed by atoms with Crippen LogP contribution in [0.3, 0.4) is 0 Å². The number of piperidine rings is 1. The zero-order valence-electron chi connectivity index (χ0n) is 12.6. The number of carbonyl (C=O) groups excluding carboxylic acids is 2. The van der Waals surface area contributed by atoms with Crippen LogP contribution >= 0.6 is 0 Å². The van der Waals surface area contributed by atoms with E-state index in [4.69, 9.17) is 4.74 Å². The third kappa shape index (κ3) is 2.80. The number of ketones is 1. The highest BCUT2D eigenvalue weighted by Gasteiger charge is 2.37. The number of fused-ring (bicyclic) bond motifs is 3. The molecule has 1 saturated heterocycles. The molecule has 4 nitrogen and oxygen atoms in total. The molecule has 1 amide bonds. The minimum Gasteiger partial charge on any atom is -0.493 e. The maximum atomic E-state index is 12.0. The quantitative estimate of drug-likeness (QED) is 0.803. The van der Waals surface area contributed by atoms with E-state index in [0.717, 1.165) is 17.7 Å². The van der Waals surface area contributed by atoms with E-state index < -0.39 is 0 Å². The SMILES string of the molecule is CC(C)COc1ccc2c(c1)CCN1C(=O)CC(=O)CC21. The number of ether oxygens (including phenoxy) is 1. The van der Waals surface area contributed by atoms with Crippen LogP contribution in [-0.2, 0) is 16.0 Å². The van der Waals surface area contributed by atoms with Gasteiger partial charge in [0.1, 0.15) is 11.5 Å². The molecule has 0 N–H and O–H groups in total. The van der Waals surface area contributed by atoms with Gasteiger partial charge in [0.05, 0.1) is 19.1 Å². The van der Waals surface area contributed by atoms with E-state index in [1.165, 1.54) is 5.56 Å². The standard InChI is InChI=1S/C17H21NO3/c1-11(2)10-21-14-3-4-15-12(7-14)5-6-18-16(15)8-13(19)9-17(18)20/h3-4,7,11,16H,5-6,8-10H2,1-2H3. The van der Waals surface area contributed by atoms with Gasteiger partial charge in [-0.2, -0.15) is 0 Å². The van der Waals surface area contributed by atoms with Gasteiger partial charge in [-0.25, -0.2) is 0 Å². The molecule has 1 aromatic rings. The fourth-order valence-corrected chi connectivity index (χ4v) is 3.12. The Bertz CT molecular complexity index is 579. The second kappa shape index (κ2) is 5.51. The molecule has 112 valence electrons. The highest BCUT2D eigenvalue weighted by Crippen LogP contribution is 2.37. The lowest BCUT2D eigenvalue weighted by atomic mass is 9.86. The first-order valence-electron chi connectivity index (χ1n) is 7.61. The molecule has 0 bridgehead atoms. The Kier molecular flexibility index (Phi) is 3.70. The Balaban J connectivity index is 1.84. The van der Waals surface area contributed by atoms with E-state index in [1.807, 2.05) is 17.0 Å². The van der Waals surface area contributed by atoms with Crippen LogP contribution < -0.4 is 4.74 Å². The summed E-state index contributed by atoms with van der Waals surface area (Å²) < 4.78 is 5.76. The summed E-state index contributed by atoms with van der Waals surface area (Å²) in [6, 6.07) is 5.97. The molecule has 21 heavy (non-hydrogen) atoms. The predicted octanol–water partition coefficient (Wildman–Crippen LogP) is 2.51. The molecule has 0 spiro atoms. The molecule has 2 aliphatic rings. The van der Waals surface area contributed by atoms with Gasteiger partial charge in [0.25, 0.3) is 0 Å². The molecule has 1 atom stereocenters. The highest BCUT2D eigenvalue weighted by atomic mass is 16.5. The maximum absolute atomic E-state index is 12.0. The number of amides is 1. The molecular formula is C17H21NO3. The van der Waals surface area contributed by atoms with Crippen molar-refractivity contribution in [3.8, 4) is 5.75 Å². The Morgan fingerprint density at radius 2 is 2.14 bits per heavy atom. The third-order valence-electron chi connectivity index (χ3n) is 4.14. The first kappa shape index (κ1) is 14.1. The summed E-state index contributed by atoms with van der Waals surface area (Å²) >= 11 is 0. The monoisotopic (exact) mass is 287 g/mol. The maximum Gasteiger partial charge on any atom is 0.230 e. The fourth-order valence-electron chi connectivity index (χ4n) is 3.12. The van der Waals surface area contributed by atoms with E-state index in [9.17, 15) is 9.59 Å². The van der Waals surface area contributed by atoms with Crippen LogP contribution in [0.25, 0.3) is 0 Å². The van der Waals surface area contributed by atoms with Crippen LogP contribution in [0, 0.1) is 5.92 Å². The normalized spacial score (nSPS) is 21.3. The number of Topliss-reactive ketones (excluding diaryl/α,β-unsaturated/α-hetero) is 1. The van der Waals surface area contributed by atoms with Crippen LogP contribution in [0.1, 0.15) is 43.9 Å². The molecule has 4 heteroatoms. The number of benzene rings is 1. The average molecular weight is 287 g/mol. The number of hydrogen-bond acceptors (Lipinski definition) is 3. The van der Waals surface area contributed by atoms with Gasteiger partial charge in [-0.3, -0.25) is 9.59 Å². The summed E-state index contributed by atoms with van der Waals surface area (Å²) in [5, 5.41) is 0. The molecular weight excluding hydrogens is 266 g/mol. The Labute approximate surface area is 125 Å². The molecule has 0 radical (unpaired) electrons. The van der Waals surface area contributed by atoms with Gasteiger partial charge in [0.2, 0.25) is 5.91 Å². The van der Waals surface area contributed by atoms with Crippen molar-refractivity contribution in [3.05, 3.63) is 29.3 Å². The molecule has 0 aromatic heterocycles. The van der Waals surface area contributed by atoms with Crippen LogP contribution in [-0.4, -0.2) is 29.7 Å². The van der Waals surface area contributed by atoms with E-state index >= 15 is 0 Å². The summed E-state index contributed by atoms with van der Waals surface area (Å²) in [5.41, 5.74) is 2.32. The van der Waals surface area contributed by atoms with Gasteiger partial charge in [-0.15, -0.1) is 0 Å². The number of carbonyl (C=O) groups is 2. The van der Waals surface area contributed by atoms with Crippen molar-refractivity contribution in [2.75, 3.05) is 13.2 Å². The Morgan fingerprint density at radius 3 is 2.90 bits per heavy atom. The van der Waals surface area contributed by atoms with Gasteiger partial charge in [-0.1, -0.05) is 19.9 Å². The molecule has 0 aliphatic carbocycles. The molecule has 3 rings (SSSR count). The average Bonchev–Trinajstić information content (AvgIpc) is 2.44. The zero-order chi connectivity index (χ0) is 15.0. The van der Waals surface area contributed by atoms with Crippen molar-refractivity contribution in [2.24, 2.45) is 5.92 Å². The van der Waals surface area contributed by atoms with Crippen molar-refractivity contribution < 1.29 is 14.3 Å². The van der Waals surface area contributed by atoms with Crippen molar-refractivity contribution in [1.82, 2.24) is 4.90 Å². The number of hydrogen-bond donors (Lipinski definition) is 0. The van der Waals surface area contributed by atoms with Gasteiger partial charge < -0.3 is 9.64 Å². The minimum atomic E-state index is -0.0679. The van der Waals surface area contributed by atoms with Gasteiger partial charge in [0, 0.05) is 13.0 Å². The second-order valence-corrected chi connectivity index (χ2v) is 6.34. The van der Waals surface area contributed by atoms with Gasteiger partial charge >= 0.3 is 0 Å². The van der Waals surface area contributed by atoms with Crippen LogP contribution in [0.4, 0.5) is 0 Å². The lowest BCUT2D eigenvalue weighted by molar-refractivity contribution is -0.143. The Hall–Kier alpha value is -1.84. The lowest BCUT2D eigenvalue weighted by Gasteiger charge is -2.40. The van der Waals surface area contributed by atoms with E-state index in [-0.39, 0.29) is 24.2 Å². The van der Waals surface area contributed by atoms with Gasteiger partial charge in [-0.05, 0) is 35.6 Å². The molecule has 2 aliphatic heterocycles. The molecule has 2 heterocycles. The van der Waals surface area contributed by atoms with E-state index in [2.05, 4.69) is 19.9 Å². The lowest BCUT2D eigenvalue weighted by Crippen LogP contribution is -2.45. The third-order valence-corrected chi connectivity index (χ3v) is 4.14. The summed E-state index contributed by atoms with van der Waals surface area (Å²) in [5.74, 6) is 1.39. The largest absolute Gasteiger partial charge is 0.493 e. The topological polar surface area (TPSA) is 46.6 Å². The smallest absolute Gasteiger partial charge is 0.230 e. The van der Waals surface area contributed by atoms with Gasteiger partial charge in [0.15, 0.2) is 0 Å². The van der Waals surface area contributed by atoms with Crippen molar-refractivity contribution in [2.45, 2.75) is 39.2 Å². The van der Waals surface area contributed by atoms with Crippen LogP contribution in [0.15, 0.2) is 18.2 Å². The van der Waals surface area contributed by atoms with Crippen LogP contribution in [0.2, 0.25) is 0 Å². The number of rotatable bonds is 3. The summed E-state index contributed by atoms with van der Waals surface area (Å²) in [4.78, 5) is 25.5. The van der Waals surface area contributed by atoms with Crippen molar-refractivity contribution >= 4 is 11.7 Å². The Morgan fingerprint density at radius 1 is 1.33 bits per heavy atom. The zero-order valence-corrected chi connectivity index (χ0v) is 12.6. The van der Waals surface area contributed by atoms with Crippen molar-refractivity contribution in [1.29, 1.82) is 0 Å². The molecule has 1 aromatic carbocycles. The second-order valence-electron chi connectivity index (χ2n) is 6.34.